The highest BCUT2D eigenvalue weighted by molar-refractivity contribution is 14.0. The van der Waals surface area contributed by atoms with Gasteiger partial charge >= 0.3 is 0 Å². The van der Waals surface area contributed by atoms with Crippen LogP contribution in [-0.2, 0) is 24.2 Å². The van der Waals surface area contributed by atoms with E-state index < -0.39 is 0 Å². The smallest absolute Gasteiger partial charge is 0.191 e. The van der Waals surface area contributed by atoms with E-state index in [-0.39, 0.29) is 24.0 Å². The standard InChI is InChI=1S/C20H29N3O2S.HI/c1-4-18-10-11-19(26-18)15-23-20(21-5-2)22-14-16-6-8-17(9-7-16)25-13-12-24-3;/h6-11H,4-5,12-15H2,1-3H3,(H2,21,22,23);1H. The third-order valence-electron chi connectivity index (χ3n) is 3.74. The summed E-state index contributed by atoms with van der Waals surface area (Å²) in [4.78, 5) is 7.41. The van der Waals surface area contributed by atoms with E-state index in [4.69, 9.17) is 9.47 Å². The molecule has 0 unspecified atom stereocenters. The molecular weight excluding hydrogens is 473 g/mol. The summed E-state index contributed by atoms with van der Waals surface area (Å²) in [5, 5.41) is 6.70. The van der Waals surface area contributed by atoms with E-state index in [1.165, 1.54) is 9.75 Å². The van der Waals surface area contributed by atoms with E-state index in [1.54, 1.807) is 7.11 Å². The Morgan fingerprint density at radius 3 is 2.37 bits per heavy atom. The summed E-state index contributed by atoms with van der Waals surface area (Å²) < 4.78 is 10.6. The molecule has 27 heavy (non-hydrogen) atoms. The Labute approximate surface area is 183 Å². The molecule has 0 radical (unpaired) electrons. The van der Waals surface area contributed by atoms with Crippen LogP contribution >= 0.6 is 35.3 Å². The molecule has 150 valence electrons. The first-order valence-electron chi connectivity index (χ1n) is 9.05. The van der Waals surface area contributed by atoms with E-state index in [0.29, 0.717) is 19.8 Å². The van der Waals surface area contributed by atoms with Gasteiger partial charge in [-0.1, -0.05) is 19.1 Å². The predicted octanol–water partition coefficient (Wildman–Crippen LogP) is 4.21. The summed E-state index contributed by atoms with van der Waals surface area (Å²) in [6.45, 7) is 7.66. The zero-order valence-electron chi connectivity index (χ0n) is 16.3. The molecule has 1 heterocycles. The number of nitrogens with zero attached hydrogens (tertiary/aromatic N) is 1. The number of thiophene rings is 1. The second kappa shape index (κ2) is 13.8. The van der Waals surface area contributed by atoms with Gasteiger partial charge in [-0.05, 0) is 43.2 Å². The largest absolute Gasteiger partial charge is 0.491 e. The highest BCUT2D eigenvalue weighted by Crippen LogP contribution is 2.16. The van der Waals surface area contributed by atoms with Crippen molar-refractivity contribution in [2.45, 2.75) is 33.4 Å². The van der Waals surface area contributed by atoms with Crippen LogP contribution in [0.25, 0.3) is 0 Å². The van der Waals surface area contributed by atoms with Crippen LogP contribution in [0.15, 0.2) is 41.4 Å². The van der Waals surface area contributed by atoms with Crippen molar-refractivity contribution in [1.29, 1.82) is 0 Å². The molecule has 2 N–H and O–H groups in total. The van der Waals surface area contributed by atoms with Crippen molar-refractivity contribution < 1.29 is 9.47 Å². The molecule has 1 aromatic carbocycles. The zero-order valence-corrected chi connectivity index (χ0v) is 19.4. The van der Waals surface area contributed by atoms with Crippen LogP contribution in [0.5, 0.6) is 5.75 Å². The predicted molar refractivity (Wildman–Crippen MR) is 125 cm³/mol. The number of hydrogen-bond acceptors (Lipinski definition) is 4. The zero-order chi connectivity index (χ0) is 18.6. The normalized spacial score (nSPS) is 11.0. The highest BCUT2D eigenvalue weighted by Gasteiger charge is 2.02. The van der Waals surface area contributed by atoms with Crippen molar-refractivity contribution >= 4 is 41.3 Å². The Hall–Kier alpha value is -1.32. The minimum atomic E-state index is 0. The Balaban J connectivity index is 0.00000364. The summed E-state index contributed by atoms with van der Waals surface area (Å²) in [6.07, 6.45) is 1.09. The third-order valence-corrected chi connectivity index (χ3v) is 4.97. The number of rotatable bonds is 10. The number of methoxy groups -OCH3 is 1. The van der Waals surface area contributed by atoms with Crippen molar-refractivity contribution in [2.24, 2.45) is 4.99 Å². The van der Waals surface area contributed by atoms with E-state index in [9.17, 15) is 0 Å². The topological polar surface area (TPSA) is 54.9 Å². The molecule has 0 aliphatic carbocycles. The minimum absolute atomic E-state index is 0. The fourth-order valence-electron chi connectivity index (χ4n) is 2.32. The van der Waals surface area contributed by atoms with Crippen LogP contribution in [0, 0.1) is 0 Å². The molecule has 0 bridgehead atoms. The van der Waals surface area contributed by atoms with Crippen LogP contribution in [0.2, 0.25) is 0 Å². The van der Waals surface area contributed by atoms with Crippen molar-refractivity contribution in [3.05, 3.63) is 51.7 Å². The van der Waals surface area contributed by atoms with Crippen molar-refractivity contribution in [3.63, 3.8) is 0 Å². The Kier molecular flexibility index (Phi) is 12.1. The summed E-state index contributed by atoms with van der Waals surface area (Å²) in [6, 6.07) is 12.4. The van der Waals surface area contributed by atoms with Crippen molar-refractivity contribution in [2.75, 3.05) is 26.9 Å². The van der Waals surface area contributed by atoms with Gasteiger partial charge in [0.25, 0.3) is 0 Å². The SMILES string of the molecule is CCNC(=NCc1ccc(OCCOC)cc1)NCc1ccc(CC)s1.I. The number of aliphatic imine (C=N–C) groups is 1. The lowest BCUT2D eigenvalue weighted by Crippen LogP contribution is -2.36. The van der Waals surface area contributed by atoms with Crippen LogP contribution in [0.4, 0.5) is 0 Å². The van der Waals surface area contributed by atoms with Gasteiger partial charge in [-0.3, -0.25) is 0 Å². The van der Waals surface area contributed by atoms with Gasteiger partial charge in [-0.15, -0.1) is 35.3 Å². The third kappa shape index (κ3) is 8.94. The molecule has 7 heteroatoms. The van der Waals surface area contributed by atoms with Gasteiger partial charge in [-0.2, -0.15) is 0 Å². The van der Waals surface area contributed by atoms with Gasteiger partial charge in [0.05, 0.1) is 19.7 Å². The fraction of sp³-hybridized carbons (Fsp3) is 0.450. The second-order valence-electron chi connectivity index (χ2n) is 5.76. The number of benzene rings is 1. The van der Waals surface area contributed by atoms with Gasteiger partial charge < -0.3 is 20.1 Å². The molecule has 5 nitrogen and oxygen atoms in total. The molecule has 1 aromatic heterocycles. The molecule has 0 spiro atoms. The summed E-state index contributed by atoms with van der Waals surface area (Å²) in [5.74, 6) is 1.68. The number of guanidine groups is 1. The molecule has 0 aliphatic heterocycles. The van der Waals surface area contributed by atoms with Crippen molar-refractivity contribution in [3.8, 4) is 5.75 Å². The molecule has 2 rings (SSSR count). The number of halogens is 1. The summed E-state index contributed by atoms with van der Waals surface area (Å²) in [5.41, 5.74) is 1.14. The number of aryl methyl sites for hydroxylation is 1. The Morgan fingerprint density at radius 2 is 1.74 bits per heavy atom. The molecule has 0 atom stereocenters. The number of hydrogen-bond donors (Lipinski definition) is 2. The molecular formula is C20H30IN3O2S. The molecule has 0 saturated carbocycles. The second-order valence-corrected chi connectivity index (χ2v) is 7.01. The first-order valence-corrected chi connectivity index (χ1v) is 9.87. The Bertz CT molecular complexity index is 674. The lowest BCUT2D eigenvalue weighted by molar-refractivity contribution is 0.146. The molecule has 0 aliphatic rings. The maximum atomic E-state index is 5.58. The molecule has 0 fully saturated rings. The van der Waals surface area contributed by atoms with Crippen molar-refractivity contribution in [1.82, 2.24) is 10.6 Å². The van der Waals surface area contributed by atoms with E-state index in [2.05, 4.69) is 41.6 Å². The summed E-state index contributed by atoms with van der Waals surface area (Å²) >= 11 is 1.85. The summed E-state index contributed by atoms with van der Waals surface area (Å²) in [7, 11) is 1.67. The number of ether oxygens (including phenoxy) is 2. The quantitative estimate of drug-likeness (QED) is 0.221. The molecule has 0 saturated heterocycles. The van der Waals surface area contributed by atoms with Crippen LogP contribution in [-0.4, -0.2) is 32.8 Å². The average Bonchev–Trinajstić information content (AvgIpc) is 3.13. The Morgan fingerprint density at radius 1 is 1.00 bits per heavy atom. The maximum absolute atomic E-state index is 5.58. The first-order chi connectivity index (χ1) is 12.7. The van der Waals surface area contributed by atoms with E-state index >= 15 is 0 Å². The van der Waals surface area contributed by atoms with Gasteiger partial charge in [0.1, 0.15) is 12.4 Å². The fourth-order valence-corrected chi connectivity index (χ4v) is 3.22. The maximum Gasteiger partial charge on any atom is 0.191 e. The molecule has 0 amide bonds. The van der Waals surface area contributed by atoms with Crippen LogP contribution in [0.3, 0.4) is 0 Å². The van der Waals surface area contributed by atoms with Gasteiger partial charge in [-0.25, -0.2) is 4.99 Å². The molecule has 2 aromatic rings. The van der Waals surface area contributed by atoms with Crippen LogP contribution in [0.1, 0.15) is 29.2 Å². The lowest BCUT2D eigenvalue weighted by atomic mass is 10.2. The van der Waals surface area contributed by atoms with E-state index in [1.807, 2.05) is 35.6 Å². The lowest BCUT2D eigenvalue weighted by Gasteiger charge is -2.11. The minimum Gasteiger partial charge on any atom is -0.491 e. The van der Waals surface area contributed by atoms with Gasteiger partial charge in [0.15, 0.2) is 5.96 Å². The first kappa shape index (κ1) is 23.7. The number of nitrogens with one attached hydrogen (secondary N) is 2. The average molecular weight is 503 g/mol. The van der Waals surface area contributed by atoms with Gasteiger partial charge in [0, 0.05) is 23.4 Å². The highest BCUT2D eigenvalue weighted by atomic mass is 127. The van der Waals surface area contributed by atoms with Crippen LogP contribution < -0.4 is 15.4 Å². The monoisotopic (exact) mass is 503 g/mol. The van der Waals surface area contributed by atoms with Gasteiger partial charge in [0.2, 0.25) is 0 Å². The van der Waals surface area contributed by atoms with E-state index in [0.717, 1.165) is 36.8 Å².